The molecule has 0 aliphatic carbocycles. The SMILES string of the molecule is C[C@@H](C#N)CSc1ccccc1NCC(=O)NCc1ccccc1. The van der Waals surface area contributed by atoms with Gasteiger partial charge in [0.25, 0.3) is 0 Å². The van der Waals surface area contributed by atoms with E-state index in [-0.39, 0.29) is 18.4 Å². The topological polar surface area (TPSA) is 64.9 Å². The molecule has 1 atom stereocenters. The summed E-state index contributed by atoms with van der Waals surface area (Å²) in [6, 6.07) is 19.9. The van der Waals surface area contributed by atoms with E-state index >= 15 is 0 Å². The second kappa shape index (κ2) is 9.64. The highest BCUT2D eigenvalue weighted by atomic mass is 32.2. The molecule has 24 heavy (non-hydrogen) atoms. The van der Waals surface area contributed by atoms with Crippen LogP contribution < -0.4 is 10.6 Å². The van der Waals surface area contributed by atoms with Gasteiger partial charge in [-0.25, -0.2) is 0 Å². The summed E-state index contributed by atoms with van der Waals surface area (Å²) in [5.74, 6) is 0.677. The Hall–Kier alpha value is -2.45. The molecule has 2 rings (SSSR count). The zero-order valence-electron chi connectivity index (χ0n) is 13.7. The number of para-hydroxylation sites is 1. The number of carbonyl (C=O) groups excluding carboxylic acids is 1. The number of nitrogens with zero attached hydrogens (tertiary/aromatic N) is 1. The molecule has 0 aromatic heterocycles. The molecule has 124 valence electrons. The number of nitrogens with one attached hydrogen (secondary N) is 2. The van der Waals surface area contributed by atoms with Gasteiger partial charge in [-0.2, -0.15) is 5.26 Å². The lowest BCUT2D eigenvalue weighted by Gasteiger charge is -2.12. The van der Waals surface area contributed by atoms with Gasteiger partial charge in [-0.3, -0.25) is 4.79 Å². The standard InChI is InChI=1S/C19H21N3OS/c1-15(11-20)14-24-18-10-6-5-9-17(18)21-13-19(23)22-12-16-7-3-2-4-8-16/h2-10,15,21H,12-14H2,1H3,(H,22,23)/t15-/m0/s1. The van der Waals surface area contributed by atoms with Crippen LogP contribution in [0.15, 0.2) is 59.5 Å². The van der Waals surface area contributed by atoms with E-state index < -0.39 is 0 Å². The first kappa shape index (κ1) is 17.9. The average molecular weight is 339 g/mol. The summed E-state index contributed by atoms with van der Waals surface area (Å²) in [6.45, 7) is 2.65. The average Bonchev–Trinajstić information content (AvgIpc) is 2.64. The molecule has 4 nitrogen and oxygen atoms in total. The van der Waals surface area contributed by atoms with Crippen LogP contribution in [-0.4, -0.2) is 18.2 Å². The van der Waals surface area contributed by atoms with Crippen molar-refractivity contribution in [3.05, 3.63) is 60.2 Å². The fourth-order valence-corrected chi connectivity index (χ4v) is 3.00. The van der Waals surface area contributed by atoms with E-state index in [1.807, 2.05) is 61.5 Å². The van der Waals surface area contributed by atoms with Crippen LogP contribution in [0.4, 0.5) is 5.69 Å². The van der Waals surface area contributed by atoms with E-state index in [1.165, 1.54) is 0 Å². The van der Waals surface area contributed by atoms with Gasteiger partial charge < -0.3 is 10.6 Å². The molecule has 0 bridgehead atoms. The third-order valence-electron chi connectivity index (χ3n) is 3.37. The summed E-state index contributed by atoms with van der Waals surface area (Å²) in [4.78, 5) is 13.0. The summed E-state index contributed by atoms with van der Waals surface area (Å²) < 4.78 is 0. The highest BCUT2D eigenvalue weighted by Crippen LogP contribution is 2.28. The number of hydrogen-bond acceptors (Lipinski definition) is 4. The van der Waals surface area contributed by atoms with Crippen LogP contribution in [0.5, 0.6) is 0 Å². The van der Waals surface area contributed by atoms with Gasteiger partial charge in [0, 0.05) is 22.9 Å². The first-order valence-electron chi connectivity index (χ1n) is 7.85. The van der Waals surface area contributed by atoms with E-state index in [9.17, 15) is 4.79 Å². The Morgan fingerprint density at radius 2 is 1.88 bits per heavy atom. The Morgan fingerprint density at radius 1 is 1.17 bits per heavy atom. The van der Waals surface area contributed by atoms with Crippen LogP contribution in [0.2, 0.25) is 0 Å². The molecule has 0 aliphatic rings. The molecule has 2 aromatic rings. The lowest BCUT2D eigenvalue weighted by atomic mass is 10.2. The van der Waals surface area contributed by atoms with Crippen molar-refractivity contribution in [1.82, 2.24) is 5.32 Å². The van der Waals surface area contributed by atoms with Crippen molar-refractivity contribution in [3.8, 4) is 6.07 Å². The molecule has 0 unspecified atom stereocenters. The number of carbonyl (C=O) groups is 1. The van der Waals surface area contributed by atoms with Crippen LogP contribution in [0, 0.1) is 17.2 Å². The Morgan fingerprint density at radius 3 is 2.62 bits per heavy atom. The molecule has 0 radical (unpaired) electrons. The molecule has 0 fully saturated rings. The summed E-state index contributed by atoms with van der Waals surface area (Å²) in [7, 11) is 0. The number of amides is 1. The summed E-state index contributed by atoms with van der Waals surface area (Å²) in [5, 5.41) is 15.0. The van der Waals surface area contributed by atoms with Gasteiger partial charge >= 0.3 is 0 Å². The maximum Gasteiger partial charge on any atom is 0.239 e. The maximum atomic E-state index is 12.0. The molecule has 5 heteroatoms. The fourth-order valence-electron chi connectivity index (χ4n) is 2.03. The molecule has 0 heterocycles. The first-order chi connectivity index (χ1) is 11.7. The molecular weight excluding hydrogens is 318 g/mol. The summed E-state index contributed by atoms with van der Waals surface area (Å²) in [6.07, 6.45) is 0. The Balaban J connectivity index is 1.83. The van der Waals surface area contributed by atoms with Gasteiger partial charge in [0.1, 0.15) is 0 Å². The number of thioether (sulfide) groups is 1. The van der Waals surface area contributed by atoms with E-state index in [1.54, 1.807) is 11.8 Å². The largest absolute Gasteiger partial charge is 0.375 e. The van der Waals surface area contributed by atoms with Crippen molar-refractivity contribution in [2.45, 2.75) is 18.4 Å². The second-order valence-electron chi connectivity index (χ2n) is 5.45. The minimum atomic E-state index is -0.0518. The normalized spacial score (nSPS) is 11.3. The lowest BCUT2D eigenvalue weighted by molar-refractivity contribution is -0.119. The fraction of sp³-hybridized carbons (Fsp3) is 0.263. The van der Waals surface area contributed by atoms with Crippen LogP contribution >= 0.6 is 11.8 Å². The third-order valence-corrected chi connectivity index (χ3v) is 4.70. The quantitative estimate of drug-likeness (QED) is 0.720. The summed E-state index contributed by atoms with van der Waals surface area (Å²) >= 11 is 1.62. The van der Waals surface area contributed by atoms with Gasteiger partial charge in [0.05, 0.1) is 18.5 Å². The second-order valence-corrected chi connectivity index (χ2v) is 6.52. The smallest absolute Gasteiger partial charge is 0.239 e. The highest BCUT2D eigenvalue weighted by molar-refractivity contribution is 7.99. The Kier molecular flexibility index (Phi) is 7.19. The van der Waals surface area contributed by atoms with Crippen LogP contribution in [-0.2, 0) is 11.3 Å². The molecular formula is C19H21N3OS. The number of rotatable bonds is 8. The molecule has 0 aliphatic heterocycles. The van der Waals surface area contributed by atoms with E-state index in [0.29, 0.717) is 6.54 Å². The monoisotopic (exact) mass is 339 g/mol. The molecule has 1 amide bonds. The van der Waals surface area contributed by atoms with Crippen LogP contribution in [0.25, 0.3) is 0 Å². The lowest BCUT2D eigenvalue weighted by Crippen LogP contribution is -2.29. The Bertz CT molecular complexity index is 697. The van der Waals surface area contributed by atoms with Gasteiger partial charge in [0.2, 0.25) is 5.91 Å². The maximum absolute atomic E-state index is 12.0. The molecule has 0 saturated carbocycles. The van der Waals surface area contributed by atoms with Crippen molar-refractivity contribution < 1.29 is 4.79 Å². The number of anilines is 1. The van der Waals surface area contributed by atoms with Crippen molar-refractivity contribution >= 4 is 23.4 Å². The van der Waals surface area contributed by atoms with Gasteiger partial charge in [0.15, 0.2) is 0 Å². The van der Waals surface area contributed by atoms with Crippen molar-refractivity contribution in [2.24, 2.45) is 5.92 Å². The third kappa shape index (κ3) is 5.98. The molecule has 0 spiro atoms. The van der Waals surface area contributed by atoms with Crippen LogP contribution in [0.1, 0.15) is 12.5 Å². The van der Waals surface area contributed by atoms with E-state index in [4.69, 9.17) is 5.26 Å². The molecule has 2 N–H and O–H groups in total. The number of hydrogen-bond donors (Lipinski definition) is 2. The zero-order valence-corrected chi connectivity index (χ0v) is 14.5. The minimum absolute atomic E-state index is 0.00257. The minimum Gasteiger partial charge on any atom is -0.375 e. The van der Waals surface area contributed by atoms with Crippen molar-refractivity contribution in [2.75, 3.05) is 17.6 Å². The Labute approximate surface area is 147 Å². The zero-order chi connectivity index (χ0) is 17.2. The van der Waals surface area contributed by atoms with Gasteiger partial charge in [-0.05, 0) is 24.6 Å². The predicted molar refractivity (Wildman–Crippen MR) is 98.7 cm³/mol. The van der Waals surface area contributed by atoms with Gasteiger partial charge in [-0.1, -0.05) is 42.5 Å². The highest BCUT2D eigenvalue weighted by Gasteiger charge is 2.07. The predicted octanol–water partition coefficient (Wildman–Crippen LogP) is 3.67. The van der Waals surface area contributed by atoms with E-state index in [0.717, 1.165) is 21.9 Å². The summed E-state index contributed by atoms with van der Waals surface area (Å²) in [5.41, 5.74) is 2.00. The number of benzene rings is 2. The number of nitriles is 1. The first-order valence-corrected chi connectivity index (χ1v) is 8.83. The van der Waals surface area contributed by atoms with Gasteiger partial charge in [-0.15, -0.1) is 11.8 Å². The van der Waals surface area contributed by atoms with Crippen molar-refractivity contribution in [1.29, 1.82) is 5.26 Å². The molecule has 2 aromatic carbocycles. The molecule has 0 saturated heterocycles. The van der Waals surface area contributed by atoms with Crippen molar-refractivity contribution in [3.63, 3.8) is 0 Å². The van der Waals surface area contributed by atoms with E-state index in [2.05, 4.69) is 16.7 Å². The van der Waals surface area contributed by atoms with Crippen LogP contribution in [0.3, 0.4) is 0 Å².